The number of amides is 1. The van der Waals surface area contributed by atoms with Gasteiger partial charge in [-0.2, -0.15) is 0 Å². The fraction of sp³-hybridized carbons (Fsp3) is 0.533. The Kier molecular flexibility index (Phi) is 4.49. The van der Waals surface area contributed by atoms with Crippen LogP contribution < -0.4 is 10.5 Å². The number of nitrogens with zero attached hydrogens (tertiary/aromatic N) is 2. The van der Waals surface area contributed by atoms with Crippen molar-refractivity contribution in [1.82, 2.24) is 9.80 Å². The monoisotopic (exact) mass is 277 g/mol. The van der Waals surface area contributed by atoms with Gasteiger partial charge in [0, 0.05) is 31.2 Å². The van der Waals surface area contributed by atoms with Crippen LogP contribution in [0, 0.1) is 0 Å². The van der Waals surface area contributed by atoms with Gasteiger partial charge in [-0.1, -0.05) is 0 Å². The van der Waals surface area contributed by atoms with Crippen molar-refractivity contribution in [3.05, 3.63) is 23.8 Å². The van der Waals surface area contributed by atoms with E-state index in [-0.39, 0.29) is 11.9 Å². The molecular formula is C15H23N3O2. The molecule has 2 N–H and O–H groups in total. The van der Waals surface area contributed by atoms with Gasteiger partial charge in [-0.15, -0.1) is 0 Å². The molecule has 1 saturated heterocycles. The number of piperazine rings is 1. The van der Waals surface area contributed by atoms with Crippen LogP contribution >= 0.6 is 0 Å². The number of nitrogen functional groups attached to an aromatic ring is 1. The van der Waals surface area contributed by atoms with Crippen LogP contribution in [0.2, 0.25) is 0 Å². The minimum Gasteiger partial charge on any atom is -0.492 e. The summed E-state index contributed by atoms with van der Waals surface area (Å²) in [5.41, 5.74) is 7.07. The topological polar surface area (TPSA) is 58.8 Å². The van der Waals surface area contributed by atoms with Gasteiger partial charge in [0.1, 0.15) is 5.75 Å². The number of carbonyl (C=O) groups excluding carboxylic acids is 1. The summed E-state index contributed by atoms with van der Waals surface area (Å²) >= 11 is 0. The van der Waals surface area contributed by atoms with Gasteiger partial charge < -0.3 is 20.3 Å². The van der Waals surface area contributed by atoms with Gasteiger partial charge in [-0.05, 0) is 39.1 Å². The number of ether oxygens (including phenoxy) is 1. The Morgan fingerprint density at radius 2 is 2.20 bits per heavy atom. The molecule has 1 aromatic rings. The molecule has 5 heteroatoms. The Labute approximate surface area is 120 Å². The van der Waals surface area contributed by atoms with Crippen molar-refractivity contribution in [2.24, 2.45) is 0 Å². The average molecular weight is 277 g/mol. The predicted molar refractivity (Wildman–Crippen MR) is 80.0 cm³/mol. The minimum absolute atomic E-state index is 0.0420. The molecule has 0 radical (unpaired) electrons. The largest absolute Gasteiger partial charge is 0.492 e. The van der Waals surface area contributed by atoms with Gasteiger partial charge in [-0.25, -0.2) is 0 Å². The quantitative estimate of drug-likeness (QED) is 0.849. The first-order valence-corrected chi connectivity index (χ1v) is 7.04. The number of hydrogen-bond donors (Lipinski definition) is 1. The van der Waals surface area contributed by atoms with Crippen molar-refractivity contribution in [2.75, 3.05) is 39.0 Å². The van der Waals surface area contributed by atoms with E-state index in [0.29, 0.717) is 23.6 Å². The van der Waals surface area contributed by atoms with Crippen molar-refractivity contribution in [3.8, 4) is 5.75 Å². The van der Waals surface area contributed by atoms with Crippen molar-refractivity contribution in [1.29, 1.82) is 0 Å². The van der Waals surface area contributed by atoms with Gasteiger partial charge in [0.05, 0.1) is 12.3 Å². The van der Waals surface area contributed by atoms with E-state index < -0.39 is 0 Å². The fourth-order valence-corrected chi connectivity index (χ4v) is 2.58. The smallest absolute Gasteiger partial charge is 0.254 e. The lowest BCUT2D eigenvalue weighted by Gasteiger charge is -2.38. The molecule has 1 amide bonds. The first-order valence-electron chi connectivity index (χ1n) is 7.04. The Morgan fingerprint density at radius 1 is 1.45 bits per heavy atom. The van der Waals surface area contributed by atoms with Crippen LogP contribution in [0.25, 0.3) is 0 Å². The van der Waals surface area contributed by atoms with Crippen LogP contribution in [0.4, 0.5) is 5.69 Å². The molecular weight excluding hydrogens is 254 g/mol. The third-order valence-electron chi connectivity index (χ3n) is 3.65. The summed E-state index contributed by atoms with van der Waals surface area (Å²) in [6.07, 6.45) is 0. The number of likely N-dealkylation sites (N-methyl/N-ethyl adjacent to an activating group) is 1. The number of benzene rings is 1. The second-order valence-corrected chi connectivity index (χ2v) is 5.30. The van der Waals surface area contributed by atoms with E-state index >= 15 is 0 Å². The summed E-state index contributed by atoms with van der Waals surface area (Å²) in [7, 11) is 2.08. The van der Waals surface area contributed by atoms with Crippen LogP contribution in [0.15, 0.2) is 18.2 Å². The molecule has 0 saturated carbocycles. The number of rotatable bonds is 3. The highest BCUT2D eigenvalue weighted by molar-refractivity contribution is 5.95. The van der Waals surface area contributed by atoms with Crippen LogP contribution in [0.3, 0.4) is 0 Å². The van der Waals surface area contributed by atoms with Crippen LogP contribution in [-0.4, -0.2) is 55.0 Å². The summed E-state index contributed by atoms with van der Waals surface area (Å²) in [4.78, 5) is 16.7. The van der Waals surface area contributed by atoms with Gasteiger partial charge in [0.25, 0.3) is 5.91 Å². The third-order valence-corrected chi connectivity index (χ3v) is 3.65. The molecule has 1 unspecified atom stereocenters. The Hall–Kier alpha value is -1.75. The standard InChI is InChI=1S/C15H23N3O2/c1-4-20-14-6-5-12(9-13(14)16)15(19)18-8-7-17(3)10-11(18)2/h5-6,9,11H,4,7-8,10,16H2,1-3H3. The number of carbonyl (C=O) groups is 1. The van der Waals surface area contributed by atoms with Crippen molar-refractivity contribution in [3.63, 3.8) is 0 Å². The summed E-state index contributed by atoms with van der Waals surface area (Å²) in [6.45, 7) is 7.10. The summed E-state index contributed by atoms with van der Waals surface area (Å²) < 4.78 is 5.40. The summed E-state index contributed by atoms with van der Waals surface area (Å²) in [5.74, 6) is 0.677. The molecule has 2 rings (SSSR count). The zero-order valence-electron chi connectivity index (χ0n) is 12.4. The van der Waals surface area contributed by atoms with E-state index in [2.05, 4.69) is 18.9 Å². The molecule has 5 nitrogen and oxygen atoms in total. The molecule has 1 aliphatic rings. The fourth-order valence-electron chi connectivity index (χ4n) is 2.58. The molecule has 1 atom stereocenters. The average Bonchev–Trinajstić information content (AvgIpc) is 2.40. The Morgan fingerprint density at radius 3 is 2.80 bits per heavy atom. The SMILES string of the molecule is CCOc1ccc(C(=O)N2CCN(C)CC2C)cc1N. The number of anilines is 1. The lowest BCUT2D eigenvalue weighted by Crippen LogP contribution is -2.52. The second-order valence-electron chi connectivity index (χ2n) is 5.30. The molecule has 110 valence electrons. The number of nitrogens with two attached hydrogens (primary N) is 1. The molecule has 0 spiro atoms. The zero-order valence-corrected chi connectivity index (χ0v) is 12.4. The van der Waals surface area contributed by atoms with Crippen LogP contribution in [0.1, 0.15) is 24.2 Å². The lowest BCUT2D eigenvalue weighted by atomic mass is 10.1. The molecule has 1 fully saturated rings. The maximum atomic E-state index is 12.5. The maximum absolute atomic E-state index is 12.5. The van der Waals surface area contributed by atoms with Gasteiger partial charge in [0.15, 0.2) is 0 Å². The molecule has 0 aromatic heterocycles. The molecule has 0 bridgehead atoms. The first-order chi connectivity index (χ1) is 9.52. The van der Waals surface area contributed by atoms with Crippen molar-refractivity contribution in [2.45, 2.75) is 19.9 Å². The highest BCUT2D eigenvalue weighted by atomic mass is 16.5. The summed E-state index contributed by atoms with van der Waals surface area (Å²) in [5, 5.41) is 0. The van der Waals surface area contributed by atoms with E-state index in [1.54, 1.807) is 18.2 Å². The van der Waals surface area contributed by atoms with Gasteiger partial charge in [0.2, 0.25) is 0 Å². The maximum Gasteiger partial charge on any atom is 0.254 e. The molecule has 0 aliphatic carbocycles. The predicted octanol–water partition coefficient (Wildman–Crippen LogP) is 1.44. The van der Waals surface area contributed by atoms with Crippen molar-refractivity contribution >= 4 is 11.6 Å². The Bertz CT molecular complexity index is 490. The Balaban J connectivity index is 2.15. The normalized spacial score (nSPS) is 19.9. The van der Waals surface area contributed by atoms with E-state index in [0.717, 1.165) is 19.6 Å². The molecule has 1 aromatic carbocycles. The lowest BCUT2D eigenvalue weighted by molar-refractivity contribution is 0.0533. The van der Waals surface area contributed by atoms with Crippen molar-refractivity contribution < 1.29 is 9.53 Å². The minimum atomic E-state index is 0.0420. The third kappa shape index (κ3) is 3.04. The van der Waals surface area contributed by atoms with E-state index in [1.165, 1.54) is 0 Å². The van der Waals surface area contributed by atoms with Gasteiger partial charge in [-0.3, -0.25) is 4.79 Å². The van der Waals surface area contributed by atoms with E-state index in [1.807, 2.05) is 11.8 Å². The highest BCUT2D eigenvalue weighted by Gasteiger charge is 2.26. The summed E-state index contributed by atoms with van der Waals surface area (Å²) in [6, 6.07) is 5.48. The van der Waals surface area contributed by atoms with E-state index in [4.69, 9.17) is 10.5 Å². The van der Waals surface area contributed by atoms with Crippen LogP contribution in [-0.2, 0) is 0 Å². The molecule has 1 aliphatic heterocycles. The first kappa shape index (κ1) is 14.7. The highest BCUT2D eigenvalue weighted by Crippen LogP contribution is 2.24. The second kappa shape index (κ2) is 6.13. The molecule has 1 heterocycles. The zero-order chi connectivity index (χ0) is 14.7. The van der Waals surface area contributed by atoms with Crippen LogP contribution in [0.5, 0.6) is 5.75 Å². The van der Waals surface area contributed by atoms with E-state index in [9.17, 15) is 4.79 Å². The number of hydrogen-bond acceptors (Lipinski definition) is 4. The molecule has 20 heavy (non-hydrogen) atoms. The van der Waals surface area contributed by atoms with Gasteiger partial charge >= 0.3 is 0 Å².